The molecule has 0 spiro atoms. The van der Waals surface area contributed by atoms with Crippen LogP contribution in [0.15, 0.2) is 5.11 Å². The number of carbonyl (C=O) groups is 1. The maximum absolute atomic E-state index is 12.0. The fourth-order valence-corrected chi connectivity index (χ4v) is 1.79. The Morgan fingerprint density at radius 1 is 1.47 bits per heavy atom. The summed E-state index contributed by atoms with van der Waals surface area (Å²) < 4.78 is 5.10. The smallest absolute Gasteiger partial charge is 0.326 e. The molecule has 0 saturated carbocycles. The van der Waals surface area contributed by atoms with Gasteiger partial charge in [-0.1, -0.05) is 25.4 Å². The van der Waals surface area contributed by atoms with Gasteiger partial charge in [-0.25, -0.2) is 0 Å². The zero-order valence-corrected chi connectivity index (χ0v) is 10.9. The van der Waals surface area contributed by atoms with Crippen LogP contribution in [-0.2, 0) is 9.53 Å². The van der Waals surface area contributed by atoms with Crippen LogP contribution in [0.2, 0.25) is 0 Å². The van der Waals surface area contributed by atoms with Crippen molar-refractivity contribution < 1.29 is 9.53 Å². The zero-order chi connectivity index (χ0) is 13.1. The highest BCUT2D eigenvalue weighted by molar-refractivity contribution is 5.80. The molecule has 1 atom stereocenters. The molecule has 6 heteroatoms. The van der Waals surface area contributed by atoms with Crippen LogP contribution in [0.1, 0.15) is 40.0 Å². The first-order valence-corrected chi connectivity index (χ1v) is 6.10. The number of ether oxygens (including phenoxy) is 1. The maximum atomic E-state index is 12.0. The average Bonchev–Trinajstić information content (AvgIpc) is 2.33. The van der Waals surface area contributed by atoms with Gasteiger partial charge < -0.3 is 10.1 Å². The van der Waals surface area contributed by atoms with Crippen molar-refractivity contribution in [1.29, 1.82) is 0 Å². The minimum atomic E-state index is -0.643. The summed E-state index contributed by atoms with van der Waals surface area (Å²) in [5.74, 6) is -0.217. The van der Waals surface area contributed by atoms with Gasteiger partial charge in [0.2, 0.25) is 0 Å². The highest BCUT2D eigenvalue weighted by Crippen LogP contribution is 2.19. The van der Waals surface area contributed by atoms with Gasteiger partial charge in [0.25, 0.3) is 0 Å². The molecule has 98 valence electrons. The highest BCUT2D eigenvalue weighted by atomic mass is 16.5. The summed E-state index contributed by atoms with van der Waals surface area (Å²) in [5, 5.41) is 6.60. The van der Waals surface area contributed by atoms with Crippen LogP contribution in [0.4, 0.5) is 0 Å². The van der Waals surface area contributed by atoms with Gasteiger partial charge >= 0.3 is 5.97 Å². The number of hydrogen-bond donors (Lipinski definition) is 1. The molecule has 0 aliphatic carbocycles. The van der Waals surface area contributed by atoms with E-state index < -0.39 is 5.54 Å². The van der Waals surface area contributed by atoms with Gasteiger partial charge in [-0.15, -0.1) is 0 Å². The van der Waals surface area contributed by atoms with E-state index in [9.17, 15) is 4.79 Å². The van der Waals surface area contributed by atoms with Crippen molar-refractivity contribution in [3.8, 4) is 0 Å². The Kier molecular flexibility index (Phi) is 8.19. The number of rotatable bonds is 9. The maximum Gasteiger partial charge on any atom is 0.326 e. The van der Waals surface area contributed by atoms with Gasteiger partial charge in [0.05, 0.1) is 6.61 Å². The zero-order valence-electron chi connectivity index (χ0n) is 10.9. The van der Waals surface area contributed by atoms with E-state index in [0.29, 0.717) is 26.1 Å². The molecule has 0 radical (unpaired) electrons. The van der Waals surface area contributed by atoms with Crippen molar-refractivity contribution in [2.75, 3.05) is 19.7 Å². The second-order valence-corrected chi connectivity index (χ2v) is 3.79. The number of hydrogen-bond acceptors (Lipinski definition) is 4. The Labute approximate surface area is 102 Å². The molecule has 1 N–H and O–H groups in total. The molecule has 0 aliphatic rings. The normalized spacial score (nSPS) is 13.6. The molecule has 1 unspecified atom stereocenters. The van der Waals surface area contributed by atoms with E-state index in [1.807, 2.05) is 13.8 Å². The Balaban J connectivity index is 4.56. The lowest BCUT2D eigenvalue weighted by molar-refractivity contribution is -0.151. The van der Waals surface area contributed by atoms with Gasteiger partial charge in [-0.05, 0) is 25.3 Å². The fraction of sp³-hybridized carbons (Fsp3) is 0.909. The Hall–Kier alpha value is -1.26. The molecule has 0 aromatic heterocycles. The predicted octanol–water partition coefficient (Wildman–Crippen LogP) is 2.40. The van der Waals surface area contributed by atoms with E-state index in [0.717, 1.165) is 12.8 Å². The molecule has 0 rings (SSSR count). The fourth-order valence-electron chi connectivity index (χ4n) is 1.79. The van der Waals surface area contributed by atoms with Gasteiger partial charge in [0.1, 0.15) is 5.54 Å². The molecule has 0 aromatic carbocycles. The summed E-state index contributed by atoms with van der Waals surface area (Å²) >= 11 is 0. The molecule has 0 heterocycles. The molecule has 0 amide bonds. The van der Waals surface area contributed by atoms with Crippen molar-refractivity contribution >= 4 is 5.97 Å². The molecule has 0 aromatic rings. The minimum Gasteiger partial charge on any atom is -0.465 e. The molecular formula is C11H22N4O2. The lowest BCUT2D eigenvalue weighted by atomic mass is 9.90. The molecule has 17 heavy (non-hydrogen) atoms. The van der Waals surface area contributed by atoms with E-state index in [4.69, 9.17) is 10.3 Å². The van der Waals surface area contributed by atoms with Crippen LogP contribution in [0, 0.1) is 0 Å². The molecule has 0 aliphatic heterocycles. The third kappa shape index (κ3) is 5.06. The van der Waals surface area contributed by atoms with Crippen molar-refractivity contribution in [3.05, 3.63) is 10.4 Å². The largest absolute Gasteiger partial charge is 0.465 e. The summed E-state index contributed by atoms with van der Waals surface area (Å²) in [4.78, 5) is 14.6. The number of esters is 1. The lowest BCUT2D eigenvalue weighted by Crippen LogP contribution is -2.53. The quantitative estimate of drug-likeness (QED) is 0.221. The van der Waals surface area contributed by atoms with E-state index >= 15 is 0 Å². The van der Waals surface area contributed by atoms with Gasteiger partial charge in [0, 0.05) is 18.0 Å². The topological polar surface area (TPSA) is 87.1 Å². The van der Waals surface area contributed by atoms with Gasteiger partial charge in [0.15, 0.2) is 0 Å². The number of azide groups is 1. The first-order chi connectivity index (χ1) is 8.16. The second-order valence-electron chi connectivity index (χ2n) is 3.79. The van der Waals surface area contributed by atoms with E-state index in [1.165, 1.54) is 0 Å². The van der Waals surface area contributed by atoms with Gasteiger partial charge in [-0.3, -0.25) is 4.79 Å². The molecular weight excluding hydrogens is 220 g/mol. The van der Waals surface area contributed by atoms with E-state index in [1.54, 1.807) is 6.92 Å². The SMILES string of the molecule is CCCC(CC)(NCCN=[N+]=[N-])C(=O)OCC. The van der Waals surface area contributed by atoms with Gasteiger partial charge in [-0.2, -0.15) is 0 Å². The lowest BCUT2D eigenvalue weighted by Gasteiger charge is -2.31. The van der Waals surface area contributed by atoms with Crippen molar-refractivity contribution in [3.63, 3.8) is 0 Å². The molecule has 0 saturated heterocycles. The van der Waals surface area contributed by atoms with E-state index in [-0.39, 0.29) is 5.97 Å². The first-order valence-electron chi connectivity index (χ1n) is 6.10. The van der Waals surface area contributed by atoms with Crippen LogP contribution < -0.4 is 5.32 Å². The van der Waals surface area contributed by atoms with Crippen LogP contribution in [0.5, 0.6) is 0 Å². The standard InChI is InChI=1S/C11H22N4O2/c1-4-7-11(5-2,10(16)17-6-3)13-8-9-14-15-12/h13H,4-9H2,1-3H3. The van der Waals surface area contributed by atoms with Crippen LogP contribution in [0.3, 0.4) is 0 Å². The number of nitrogens with one attached hydrogen (secondary N) is 1. The molecule has 0 fully saturated rings. The summed E-state index contributed by atoms with van der Waals surface area (Å²) in [7, 11) is 0. The van der Waals surface area contributed by atoms with E-state index in [2.05, 4.69) is 15.3 Å². The summed E-state index contributed by atoms with van der Waals surface area (Å²) in [6.45, 7) is 6.97. The highest BCUT2D eigenvalue weighted by Gasteiger charge is 2.36. The number of carbonyl (C=O) groups excluding carboxylic acids is 1. The predicted molar refractivity (Wildman–Crippen MR) is 66.6 cm³/mol. The molecule has 6 nitrogen and oxygen atoms in total. The van der Waals surface area contributed by atoms with Crippen molar-refractivity contribution in [2.24, 2.45) is 5.11 Å². The third-order valence-corrected chi connectivity index (χ3v) is 2.68. The monoisotopic (exact) mass is 242 g/mol. The second kappa shape index (κ2) is 8.84. The average molecular weight is 242 g/mol. The Morgan fingerprint density at radius 2 is 2.18 bits per heavy atom. The Morgan fingerprint density at radius 3 is 2.65 bits per heavy atom. The van der Waals surface area contributed by atoms with Crippen LogP contribution in [0.25, 0.3) is 10.4 Å². The van der Waals surface area contributed by atoms with Crippen molar-refractivity contribution in [1.82, 2.24) is 5.32 Å². The van der Waals surface area contributed by atoms with Crippen molar-refractivity contribution in [2.45, 2.75) is 45.6 Å². The summed E-state index contributed by atoms with van der Waals surface area (Å²) in [6.07, 6.45) is 2.27. The third-order valence-electron chi connectivity index (χ3n) is 2.68. The molecule has 0 bridgehead atoms. The van der Waals surface area contributed by atoms with Crippen LogP contribution >= 0.6 is 0 Å². The Bertz CT molecular complexity index is 277. The van der Waals surface area contributed by atoms with Crippen LogP contribution in [-0.4, -0.2) is 31.2 Å². The summed E-state index contributed by atoms with van der Waals surface area (Å²) in [5.41, 5.74) is 7.55. The summed E-state index contributed by atoms with van der Waals surface area (Å²) in [6, 6.07) is 0. The number of nitrogens with zero attached hydrogens (tertiary/aromatic N) is 3. The minimum absolute atomic E-state index is 0.217. The first kappa shape index (κ1) is 15.7.